The summed E-state index contributed by atoms with van der Waals surface area (Å²) in [6, 6.07) is 10.3. The number of hydrogen-bond donors (Lipinski definition) is 3. The van der Waals surface area contributed by atoms with Gasteiger partial charge in [-0.05, 0) is 49.4 Å². The van der Waals surface area contributed by atoms with E-state index in [4.69, 9.17) is 4.42 Å². The van der Waals surface area contributed by atoms with Crippen molar-refractivity contribution in [3.05, 3.63) is 60.6 Å². The van der Waals surface area contributed by atoms with Gasteiger partial charge in [0.05, 0.1) is 12.1 Å². The van der Waals surface area contributed by atoms with E-state index in [1.165, 1.54) is 22.8 Å². The summed E-state index contributed by atoms with van der Waals surface area (Å²) < 4.78 is 32.8. The highest BCUT2D eigenvalue weighted by atomic mass is 32.2. The van der Waals surface area contributed by atoms with Gasteiger partial charge in [0.2, 0.25) is 15.9 Å². The van der Waals surface area contributed by atoms with Crippen LogP contribution in [0, 0.1) is 5.92 Å². The van der Waals surface area contributed by atoms with Crippen molar-refractivity contribution in [2.75, 3.05) is 13.1 Å². The van der Waals surface area contributed by atoms with Crippen molar-refractivity contribution in [1.82, 2.24) is 19.9 Å². The summed E-state index contributed by atoms with van der Waals surface area (Å²) in [5.41, 5.74) is 0.574. The first-order valence-electron chi connectivity index (χ1n) is 12.3. The predicted molar refractivity (Wildman–Crippen MR) is 137 cm³/mol. The number of para-hydroxylation sites is 1. The number of aromatic nitrogens is 1. The normalized spacial score (nSPS) is 19.9. The van der Waals surface area contributed by atoms with Crippen molar-refractivity contribution in [1.29, 1.82) is 0 Å². The molecular formula is C26H32N4O6S. The molecule has 198 valence electrons. The quantitative estimate of drug-likeness (QED) is 0.407. The molecule has 3 atom stereocenters. The number of sulfonamides is 1. The van der Waals surface area contributed by atoms with Crippen LogP contribution in [0.3, 0.4) is 0 Å². The molecule has 1 fully saturated rings. The molecule has 37 heavy (non-hydrogen) atoms. The van der Waals surface area contributed by atoms with Gasteiger partial charge in [0, 0.05) is 30.9 Å². The largest absolute Gasteiger partial charge is 0.451 e. The molecule has 0 saturated carbocycles. The van der Waals surface area contributed by atoms with Crippen molar-refractivity contribution in [2.45, 2.75) is 56.2 Å². The Kier molecular flexibility index (Phi) is 8.25. The number of carbonyl (C=O) groups excluding carboxylic acids is 2. The molecule has 3 heterocycles. The molecule has 10 nitrogen and oxygen atoms in total. The van der Waals surface area contributed by atoms with E-state index in [9.17, 15) is 23.1 Å². The lowest BCUT2D eigenvalue weighted by molar-refractivity contribution is -0.125. The summed E-state index contributed by atoms with van der Waals surface area (Å²) in [4.78, 5) is 30.1. The fraction of sp³-hybridized carbons (Fsp3) is 0.423. The third kappa shape index (κ3) is 6.35. The zero-order valence-corrected chi connectivity index (χ0v) is 21.6. The molecule has 2 aromatic heterocycles. The van der Waals surface area contributed by atoms with Crippen LogP contribution < -0.4 is 10.6 Å². The number of benzene rings is 1. The summed E-state index contributed by atoms with van der Waals surface area (Å²) in [6.45, 7) is 3.92. The molecule has 3 N–H and O–H groups in total. The fourth-order valence-electron chi connectivity index (χ4n) is 4.45. The molecule has 2 unspecified atom stereocenters. The average molecular weight is 529 g/mol. The van der Waals surface area contributed by atoms with Crippen molar-refractivity contribution >= 4 is 32.8 Å². The summed E-state index contributed by atoms with van der Waals surface area (Å²) in [7, 11) is -3.83. The zero-order valence-electron chi connectivity index (χ0n) is 20.8. The van der Waals surface area contributed by atoms with Gasteiger partial charge in [-0.15, -0.1) is 0 Å². The first-order valence-corrected chi connectivity index (χ1v) is 13.8. The molecule has 1 aliphatic heterocycles. The highest BCUT2D eigenvalue weighted by Gasteiger charge is 2.35. The lowest BCUT2D eigenvalue weighted by Crippen LogP contribution is -2.54. The number of nitrogens with zero attached hydrogens (tertiary/aromatic N) is 2. The van der Waals surface area contributed by atoms with E-state index in [1.54, 1.807) is 18.2 Å². The highest BCUT2D eigenvalue weighted by Crippen LogP contribution is 2.21. The second-order valence-electron chi connectivity index (χ2n) is 9.68. The van der Waals surface area contributed by atoms with Crippen molar-refractivity contribution in [3.8, 4) is 0 Å². The lowest BCUT2D eigenvalue weighted by atomic mass is 10.0. The van der Waals surface area contributed by atoms with Gasteiger partial charge in [-0.25, -0.2) is 8.42 Å². The van der Waals surface area contributed by atoms with Crippen LogP contribution in [0.1, 0.15) is 43.7 Å². The van der Waals surface area contributed by atoms with Crippen LogP contribution in [0.4, 0.5) is 0 Å². The minimum Gasteiger partial charge on any atom is -0.451 e. The number of aliphatic hydroxyl groups excluding tert-OH is 1. The van der Waals surface area contributed by atoms with Crippen molar-refractivity contribution in [3.63, 3.8) is 0 Å². The van der Waals surface area contributed by atoms with E-state index in [1.807, 2.05) is 32.0 Å². The minimum atomic E-state index is -3.83. The maximum Gasteiger partial charge on any atom is 0.287 e. The van der Waals surface area contributed by atoms with Gasteiger partial charge >= 0.3 is 0 Å². The molecule has 0 bridgehead atoms. The van der Waals surface area contributed by atoms with E-state index in [2.05, 4.69) is 15.6 Å². The number of pyridine rings is 1. The van der Waals surface area contributed by atoms with Crippen LogP contribution in [-0.4, -0.2) is 65.9 Å². The molecular weight excluding hydrogens is 496 g/mol. The monoisotopic (exact) mass is 528 g/mol. The summed E-state index contributed by atoms with van der Waals surface area (Å²) in [5, 5.41) is 17.2. The molecule has 1 aliphatic rings. The predicted octanol–water partition coefficient (Wildman–Crippen LogP) is 2.30. The molecule has 1 saturated heterocycles. The number of β-amino-alcohol motifs (C(OH)–C–C–N with tert-alkyl or cyclic N) is 1. The standard InChI is InChI=1S/C26H32N4O6S/c1-17(2)13-21(29-26(33)24-14-18-7-3-4-10-23(18)36-24)25(32)28-20-9-6-12-30(16-22(20)31)37(34,35)19-8-5-11-27-15-19/h3-5,7-8,10-11,14-15,17,20-22,31H,6,9,12-13,16H2,1-2H3,(H,28,32)(H,29,33)/t20?,21?,22-/m0/s1. The van der Waals surface area contributed by atoms with E-state index < -0.39 is 40.0 Å². The van der Waals surface area contributed by atoms with Gasteiger partial charge in [0.1, 0.15) is 16.5 Å². The Morgan fingerprint density at radius 2 is 2.00 bits per heavy atom. The number of fused-ring (bicyclic) bond motifs is 1. The molecule has 4 rings (SSSR count). The van der Waals surface area contributed by atoms with Crippen LogP contribution in [-0.2, 0) is 14.8 Å². The highest BCUT2D eigenvalue weighted by molar-refractivity contribution is 7.89. The number of amides is 2. The lowest BCUT2D eigenvalue weighted by Gasteiger charge is -2.27. The van der Waals surface area contributed by atoms with Crippen LogP contribution in [0.25, 0.3) is 11.0 Å². The van der Waals surface area contributed by atoms with Crippen LogP contribution >= 0.6 is 0 Å². The Hall–Kier alpha value is -3.28. The van der Waals surface area contributed by atoms with E-state index in [0.29, 0.717) is 24.8 Å². The van der Waals surface area contributed by atoms with Gasteiger partial charge in [-0.3, -0.25) is 14.6 Å². The Labute approximate surface area is 216 Å². The summed E-state index contributed by atoms with van der Waals surface area (Å²) >= 11 is 0. The number of rotatable bonds is 8. The van der Waals surface area contributed by atoms with Crippen LogP contribution in [0.5, 0.6) is 0 Å². The number of hydrogen-bond acceptors (Lipinski definition) is 7. The molecule has 0 radical (unpaired) electrons. The van der Waals surface area contributed by atoms with Crippen molar-refractivity contribution in [2.24, 2.45) is 5.92 Å². The number of furan rings is 1. The van der Waals surface area contributed by atoms with E-state index in [-0.39, 0.29) is 29.7 Å². The number of nitrogens with one attached hydrogen (secondary N) is 2. The number of aliphatic hydroxyl groups is 1. The fourth-order valence-corrected chi connectivity index (χ4v) is 5.91. The van der Waals surface area contributed by atoms with Crippen molar-refractivity contribution < 1.29 is 27.5 Å². The van der Waals surface area contributed by atoms with Gasteiger partial charge in [-0.1, -0.05) is 32.0 Å². The second kappa shape index (κ2) is 11.4. The first kappa shape index (κ1) is 26.8. The molecule has 1 aromatic carbocycles. The molecule has 11 heteroatoms. The number of carbonyl (C=O) groups is 2. The summed E-state index contributed by atoms with van der Waals surface area (Å²) in [6.07, 6.45) is 2.85. The Morgan fingerprint density at radius 1 is 1.22 bits per heavy atom. The maximum absolute atomic E-state index is 13.2. The summed E-state index contributed by atoms with van der Waals surface area (Å²) in [5.74, 6) is -0.739. The molecule has 0 spiro atoms. The van der Waals surface area contributed by atoms with Crippen LogP contribution in [0.2, 0.25) is 0 Å². The Morgan fingerprint density at radius 3 is 2.70 bits per heavy atom. The van der Waals surface area contributed by atoms with E-state index >= 15 is 0 Å². The molecule has 3 aromatic rings. The Bertz CT molecular complexity index is 1310. The second-order valence-corrected chi connectivity index (χ2v) is 11.6. The third-order valence-electron chi connectivity index (χ3n) is 6.36. The van der Waals surface area contributed by atoms with E-state index in [0.717, 1.165) is 5.39 Å². The molecule has 0 aliphatic carbocycles. The maximum atomic E-state index is 13.2. The van der Waals surface area contributed by atoms with Gasteiger partial charge in [0.25, 0.3) is 5.91 Å². The first-order chi connectivity index (χ1) is 17.6. The van der Waals surface area contributed by atoms with Gasteiger partial charge in [-0.2, -0.15) is 4.31 Å². The Balaban J connectivity index is 1.43. The minimum absolute atomic E-state index is 0.0509. The third-order valence-corrected chi connectivity index (χ3v) is 8.20. The molecule has 2 amide bonds. The SMILES string of the molecule is CC(C)CC(NC(=O)c1cc2ccccc2o1)C(=O)NC1CCCN(S(=O)(=O)c2cccnc2)C[C@@H]1O. The average Bonchev–Trinajstić information content (AvgIpc) is 3.23. The smallest absolute Gasteiger partial charge is 0.287 e. The van der Waals surface area contributed by atoms with Crippen LogP contribution in [0.15, 0.2) is 64.2 Å². The van der Waals surface area contributed by atoms with Gasteiger partial charge < -0.3 is 20.2 Å². The van der Waals surface area contributed by atoms with Gasteiger partial charge in [0.15, 0.2) is 5.76 Å². The zero-order chi connectivity index (χ0) is 26.6. The topological polar surface area (TPSA) is 142 Å².